The quantitative estimate of drug-likeness (QED) is 0.777. The Morgan fingerprint density at radius 1 is 1.26 bits per heavy atom. The van der Waals surface area contributed by atoms with Crippen molar-refractivity contribution < 1.29 is 9.18 Å². The number of carbonyl (C=O) groups excluding carboxylic acids is 1. The normalized spacial score (nSPS) is 10.9. The number of carbonyl (C=O) groups is 1. The molecule has 0 saturated heterocycles. The molecule has 0 aliphatic rings. The molecule has 4 nitrogen and oxygen atoms in total. The summed E-state index contributed by atoms with van der Waals surface area (Å²) in [6.07, 6.45) is 1.99. The minimum Gasteiger partial charge on any atom is -0.352 e. The standard InChI is InChI=1S/C17H15ClFN3O/c18-14-5-6-16-13(9-14)11-21-22(16)8-7-17(23)20-10-12-3-1-2-4-15(12)19/h1-6,9,11H,7-8,10H2,(H,20,23). The molecule has 2 aromatic carbocycles. The van der Waals surface area contributed by atoms with Crippen LogP contribution in [0.1, 0.15) is 12.0 Å². The summed E-state index contributed by atoms with van der Waals surface area (Å²) < 4.78 is 15.2. The predicted octanol–water partition coefficient (Wildman–Crippen LogP) is 3.54. The van der Waals surface area contributed by atoms with Crippen molar-refractivity contribution in [3.05, 3.63) is 65.1 Å². The number of hydrogen-bond donors (Lipinski definition) is 1. The highest BCUT2D eigenvalue weighted by Gasteiger charge is 2.07. The minimum atomic E-state index is -0.317. The molecule has 3 rings (SSSR count). The van der Waals surface area contributed by atoms with Gasteiger partial charge in [0.15, 0.2) is 0 Å². The second-order valence-electron chi connectivity index (χ2n) is 5.19. The first kappa shape index (κ1) is 15.5. The van der Waals surface area contributed by atoms with E-state index in [-0.39, 0.29) is 24.7 Å². The molecule has 0 aliphatic heterocycles. The Morgan fingerprint density at radius 2 is 2.09 bits per heavy atom. The Morgan fingerprint density at radius 3 is 2.91 bits per heavy atom. The van der Waals surface area contributed by atoms with E-state index in [0.717, 1.165) is 10.9 Å². The lowest BCUT2D eigenvalue weighted by Crippen LogP contribution is -2.24. The first-order valence-electron chi connectivity index (χ1n) is 7.24. The Bertz CT molecular complexity index is 847. The van der Waals surface area contributed by atoms with E-state index in [9.17, 15) is 9.18 Å². The second kappa shape index (κ2) is 6.79. The van der Waals surface area contributed by atoms with Crippen molar-refractivity contribution in [2.45, 2.75) is 19.5 Å². The maximum absolute atomic E-state index is 13.5. The summed E-state index contributed by atoms with van der Waals surface area (Å²) in [5, 5.41) is 8.56. The fourth-order valence-electron chi connectivity index (χ4n) is 2.37. The fourth-order valence-corrected chi connectivity index (χ4v) is 2.55. The Labute approximate surface area is 137 Å². The van der Waals surface area contributed by atoms with E-state index in [1.165, 1.54) is 6.07 Å². The molecule has 1 heterocycles. The lowest BCUT2D eigenvalue weighted by atomic mass is 10.2. The third-order valence-corrected chi connectivity index (χ3v) is 3.82. The van der Waals surface area contributed by atoms with Crippen molar-refractivity contribution in [1.82, 2.24) is 15.1 Å². The maximum atomic E-state index is 13.5. The van der Waals surface area contributed by atoms with Crippen LogP contribution in [-0.2, 0) is 17.9 Å². The van der Waals surface area contributed by atoms with Crippen molar-refractivity contribution in [3.8, 4) is 0 Å². The highest BCUT2D eigenvalue weighted by molar-refractivity contribution is 6.31. The lowest BCUT2D eigenvalue weighted by molar-refractivity contribution is -0.121. The summed E-state index contributed by atoms with van der Waals surface area (Å²) >= 11 is 5.94. The topological polar surface area (TPSA) is 46.9 Å². The van der Waals surface area contributed by atoms with Crippen LogP contribution in [0.2, 0.25) is 5.02 Å². The SMILES string of the molecule is O=C(CCn1ncc2cc(Cl)ccc21)NCc1ccccc1F. The van der Waals surface area contributed by atoms with Gasteiger partial charge >= 0.3 is 0 Å². The van der Waals surface area contributed by atoms with Crippen LogP contribution >= 0.6 is 11.6 Å². The van der Waals surface area contributed by atoms with Crippen molar-refractivity contribution in [1.29, 1.82) is 0 Å². The molecular formula is C17H15ClFN3O. The predicted molar refractivity (Wildman–Crippen MR) is 87.6 cm³/mol. The molecule has 3 aromatic rings. The zero-order valence-corrected chi connectivity index (χ0v) is 13.1. The van der Waals surface area contributed by atoms with Gasteiger partial charge in [0.1, 0.15) is 5.82 Å². The minimum absolute atomic E-state index is 0.147. The number of hydrogen-bond acceptors (Lipinski definition) is 2. The van der Waals surface area contributed by atoms with E-state index in [1.54, 1.807) is 35.1 Å². The molecule has 0 bridgehead atoms. The van der Waals surface area contributed by atoms with Crippen molar-refractivity contribution in [3.63, 3.8) is 0 Å². The van der Waals surface area contributed by atoms with E-state index >= 15 is 0 Å². The molecule has 0 spiro atoms. The largest absolute Gasteiger partial charge is 0.352 e. The third-order valence-electron chi connectivity index (χ3n) is 3.59. The molecular weight excluding hydrogens is 317 g/mol. The van der Waals surface area contributed by atoms with Gasteiger partial charge in [-0.2, -0.15) is 5.10 Å². The van der Waals surface area contributed by atoms with Crippen LogP contribution in [0.15, 0.2) is 48.7 Å². The van der Waals surface area contributed by atoms with Crippen molar-refractivity contribution >= 4 is 28.4 Å². The van der Waals surface area contributed by atoms with Crippen molar-refractivity contribution in [2.75, 3.05) is 0 Å². The number of nitrogens with one attached hydrogen (secondary N) is 1. The number of benzene rings is 2. The molecule has 6 heteroatoms. The van der Waals surface area contributed by atoms with Gasteiger partial charge in [0.25, 0.3) is 0 Å². The molecule has 0 radical (unpaired) electrons. The number of aromatic nitrogens is 2. The van der Waals surface area contributed by atoms with E-state index < -0.39 is 0 Å². The average molecular weight is 332 g/mol. The molecule has 1 N–H and O–H groups in total. The zero-order chi connectivity index (χ0) is 16.2. The van der Waals surface area contributed by atoms with Crippen LogP contribution in [0.4, 0.5) is 4.39 Å². The van der Waals surface area contributed by atoms with Gasteiger partial charge in [-0.15, -0.1) is 0 Å². The number of amides is 1. The smallest absolute Gasteiger partial charge is 0.222 e. The van der Waals surface area contributed by atoms with Gasteiger partial charge < -0.3 is 5.32 Å². The highest BCUT2D eigenvalue weighted by atomic mass is 35.5. The summed E-state index contributed by atoms with van der Waals surface area (Å²) in [5.74, 6) is -0.464. The van der Waals surface area contributed by atoms with E-state index in [1.807, 2.05) is 12.1 Å². The fraction of sp³-hybridized carbons (Fsp3) is 0.176. The van der Waals surface area contributed by atoms with E-state index in [0.29, 0.717) is 17.1 Å². The lowest BCUT2D eigenvalue weighted by Gasteiger charge is -2.07. The molecule has 0 fully saturated rings. The van der Waals surface area contributed by atoms with Gasteiger partial charge in [0, 0.05) is 28.9 Å². The number of aryl methyl sites for hydroxylation is 1. The van der Waals surface area contributed by atoms with Gasteiger partial charge in [-0.1, -0.05) is 29.8 Å². The molecule has 1 aromatic heterocycles. The number of fused-ring (bicyclic) bond motifs is 1. The Kier molecular flexibility index (Phi) is 4.57. The molecule has 0 aliphatic carbocycles. The van der Waals surface area contributed by atoms with Crippen LogP contribution in [0.3, 0.4) is 0 Å². The number of halogens is 2. The van der Waals surface area contributed by atoms with Gasteiger partial charge in [-0.3, -0.25) is 9.48 Å². The summed E-state index contributed by atoms with van der Waals surface area (Å²) in [6, 6.07) is 11.9. The van der Waals surface area contributed by atoms with Crippen LogP contribution in [0.5, 0.6) is 0 Å². The van der Waals surface area contributed by atoms with E-state index in [2.05, 4.69) is 10.4 Å². The third kappa shape index (κ3) is 3.68. The monoisotopic (exact) mass is 331 g/mol. The molecule has 118 valence electrons. The van der Waals surface area contributed by atoms with Crippen LogP contribution in [0.25, 0.3) is 10.9 Å². The zero-order valence-electron chi connectivity index (χ0n) is 12.3. The number of rotatable bonds is 5. The first-order chi connectivity index (χ1) is 11.1. The highest BCUT2D eigenvalue weighted by Crippen LogP contribution is 2.19. The first-order valence-corrected chi connectivity index (χ1v) is 7.62. The van der Waals surface area contributed by atoms with Crippen LogP contribution in [-0.4, -0.2) is 15.7 Å². The van der Waals surface area contributed by atoms with Crippen molar-refractivity contribution in [2.24, 2.45) is 0 Å². The van der Waals surface area contributed by atoms with E-state index in [4.69, 9.17) is 11.6 Å². The van der Waals surface area contributed by atoms with Gasteiger partial charge in [-0.25, -0.2) is 4.39 Å². The molecule has 0 saturated carbocycles. The molecule has 0 unspecified atom stereocenters. The Hall–Kier alpha value is -2.40. The summed E-state index contributed by atoms with van der Waals surface area (Å²) in [6.45, 7) is 0.634. The van der Waals surface area contributed by atoms with Gasteiger partial charge in [0.2, 0.25) is 5.91 Å². The molecule has 23 heavy (non-hydrogen) atoms. The van der Waals surface area contributed by atoms with Crippen LogP contribution in [0, 0.1) is 5.82 Å². The summed E-state index contributed by atoms with van der Waals surface area (Å²) in [4.78, 5) is 11.9. The van der Waals surface area contributed by atoms with Gasteiger partial charge in [0.05, 0.1) is 18.3 Å². The van der Waals surface area contributed by atoms with Gasteiger partial charge in [-0.05, 0) is 24.3 Å². The molecule has 1 amide bonds. The second-order valence-corrected chi connectivity index (χ2v) is 5.63. The average Bonchev–Trinajstić information content (AvgIpc) is 2.94. The maximum Gasteiger partial charge on any atom is 0.222 e. The Balaban J connectivity index is 1.57. The summed E-state index contributed by atoms with van der Waals surface area (Å²) in [7, 11) is 0. The van der Waals surface area contributed by atoms with Crippen LogP contribution < -0.4 is 5.32 Å². The summed E-state index contributed by atoms with van der Waals surface area (Å²) in [5.41, 5.74) is 1.40. The molecule has 0 atom stereocenters. The number of nitrogens with zero attached hydrogens (tertiary/aromatic N) is 2.